The molecule has 1 aliphatic rings. The number of hydrogen-bond acceptors (Lipinski definition) is 5. The molecule has 1 aromatic heterocycles. The smallest absolute Gasteiger partial charge is 0.252 e. The minimum atomic E-state index is -0.515. The largest absolute Gasteiger partial charge is 0.376 e. The minimum absolute atomic E-state index is 0.146. The standard InChI is InChI=1S/C12H18N2O3S/c1-8-7-18-11(13-8)12(2,3)14-10(15)9-6-16-4-5-17-9/h7,9H,4-6H2,1-3H3,(H,14,15). The molecule has 0 spiro atoms. The van der Waals surface area contributed by atoms with E-state index in [0.29, 0.717) is 19.8 Å². The number of rotatable bonds is 3. The molecule has 1 aromatic rings. The zero-order valence-corrected chi connectivity index (χ0v) is 11.7. The first-order chi connectivity index (χ1) is 8.49. The summed E-state index contributed by atoms with van der Waals surface area (Å²) in [5.41, 5.74) is 0.478. The summed E-state index contributed by atoms with van der Waals surface area (Å²) in [5.74, 6) is -0.146. The lowest BCUT2D eigenvalue weighted by molar-refractivity contribution is -0.149. The molecule has 1 atom stereocenters. The Bertz CT molecular complexity index is 425. The van der Waals surface area contributed by atoms with E-state index in [4.69, 9.17) is 9.47 Å². The van der Waals surface area contributed by atoms with Gasteiger partial charge in [0, 0.05) is 11.1 Å². The summed E-state index contributed by atoms with van der Waals surface area (Å²) in [5, 5.41) is 5.83. The molecule has 1 saturated heterocycles. The summed E-state index contributed by atoms with van der Waals surface area (Å²) in [6.07, 6.45) is -0.515. The fourth-order valence-electron chi connectivity index (χ4n) is 1.72. The molecule has 100 valence electrons. The van der Waals surface area contributed by atoms with Crippen LogP contribution in [-0.2, 0) is 19.8 Å². The average Bonchev–Trinajstić information content (AvgIpc) is 2.77. The number of amides is 1. The van der Waals surface area contributed by atoms with Gasteiger partial charge < -0.3 is 14.8 Å². The molecule has 1 fully saturated rings. The lowest BCUT2D eigenvalue weighted by Crippen LogP contribution is -2.49. The van der Waals surface area contributed by atoms with Crippen molar-refractivity contribution in [1.82, 2.24) is 10.3 Å². The molecule has 2 rings (SSSR count). The van der Waals surface area contributed by atoms with Crippen molar-refractivity contribution in [2.24, 2.45) is 0 Å². The minimum Gasteiger partial charge on any atom is -0.376 e. The first-order valence-corrected chi connectivity index (χ1v) is 6.81. The molecule has 0 aromatic carbocycles. The fraction of sp³-hybridized carbons (Fsp3) is 0.667. The van der Waals surface area contributed by atoms with Gasteiger partial charge in [0.25, 0.3) is 5.91 Å². The van der Waals surface area contributed by atoms with Crippen LogP contribution < -0.4 is 5.32 Å². The van der Waals surface area contributed by atoms with Crippen LogP contribution in [0.5, 0.6) is 0 Å². The van der Waals surface area contributed by atoms with Crippen molar-refractivity contribution in [2.75, 3.05) is 19.8 Å². The number of carbonyl (C=O) groups is 1. The summed E-state index contributed by atoms with van der Waals surface area (Å²) >= 11 is 1.55. The van der Waals surface area contributed by atoms with E-state index in [1.807, 2.05) is 26.2 Å². The molecule has 1 unspecified atom stereocenters. The summed E-state index contributed by atoms with van der Waals surface area (Å²) in [4.78, 5) is 16.5. The summed E-state index contributed by atoms with van der Waals surface area (Å²) in [6.45, 7) is 7.15. The number of thiazole rings is 1. The van der Waals surface area contributed by atoms with Crippen molar-refractivity contribution >= 4 is 17.2 Å². The van der Waals surface area contributed by atoms with Crippen LogP contribution in [0.2, 0.25) is 0 Å². The number of ether oxygens (including phenoxy) is 2. The van der Waals surface area contributed by atoms with Crippen molar-refractivity contribution in [1.29, 1.82) is 0 Å². The van der Waals surface area contributed by atoms with Gasteiger partial charge >= 0.3 is 0 Å². The van der Waals surface area contributed by atoms with Gasteiger partial charge in [-0.3, -0.25) is 4.79 Å². The zero-order valence-electron chi connectivity index (χ0n) is 10.9. The van der Waals surface area contributed by atoms with E-state index >= 15 is 0 Å². The van der Waals surface area contributed by atoms with Crippen LogP contribution in [0.25, 0.3) is 0 Å². The van der Waals surface area contributed by atoms with Gasteiger partial charge in [-0.2, -0.15) is 0 Å². The normalized spacial score (nSPS) is 20.7. The van der Waals surface area contributed by atoms with E-state index < -0.39 is 11.6 Å². The van der Waals surface area contributed by atoms with Crippen LogP contribution in [0, 0.1) is 6.92 Å². The molecule has 1 N–H and O–H groups in total. The molecule has 0 aliphatic carbocycles. The molecular formula is C12H18N2O3S. The lowest BCUT2D eigenvalue weighted by Gasteiger charge is -2.28. The number of aromatic nitrogens is 1. The maximum absolute atomic E-state index is 12.1. The highest BCUT2D eigenvalue weighted by Gasteiger charge is 2.31. The van der Waals surface area contributed by atoms with Gasteiger partial charge in [-0.25, -0.2) is 4.98 Å². The van der Waals surface area contributed by atoms with E-state index in [0.717, 1.165) is 10.7 Å². The second-order valence-corrected chi connectivity index (χ2v) is 5.70. The van der Waals surface area contributed by atoms with Crippen molar-refractivity contribution in [2.45, 2.75) is 32.4 Å². The summed E-state index contributed by atoms with van der Waals surface area (Å²) in [6, 6.07) is 0. The molecule has 1 amide bonds. The quantitative estimate of drug-likeness (QED) is 0.897. The van der Waals surface area contributed by atoms with E-state index in [1.165, 1.54) is 0 Å². The summed E-state index contributed by atoms with van der Waals surface area (Å²) < 4.78 is 10.6. The zero-order chi connectivity index (χ0) is 13.2. The number of hydrogen-bond donors (Lipinski definition) is 1. The fourth-order valence-corrected chi connectivity index (χ4v) is 2.60. The Labute approximate surface area is 111 Å². The first-order valence-electron chi connectivity index (χ1n) is 5.93. The Morgan fingerprint density at radius 1 is 1.56 bits per heavy atom. The predicted octanol–water partition coefficient (Wildman–Crippen LogP) is 1.22. The molecule has 0 radical (unpaired) electrons. The van der Waals surface area contributed by atoms with Gasteiger partial charge in [-0.15, -0.1) is 11.3 Å². The topological polar surface area (TPSA) is 60.5 Å². The van der Waals surface area contributed by atoms with Crippen LogP contribution in [0.1, 0.15) is 24.5 Å². The van der Waals surface area contributed by atoms with E-state index in [9.17, 15) is 4.79 Å². The molecule has 1 aliphatic heterocycles. The van der Waals surface area contributed by atoms with Crippen molar-refractivity contribution in [3.05, 3.63) is 16.1 Å². The van der Waals surface area contributed by atoms with Gasteiger partial charge in [0.15, 0.2) is 6.10 Å². The van der Waals surface area contributed by atoms with Crippen LogP contribution in [0.3, 0.4) is 0 Å². The highest BCUT2D eigenvalue weighted by molar-refractivity contribution is 7.09. The average molecular weight is 270 g/mol. The third-order valence-corrected chi connectivity index (χ3v) is 3.98. The second kappa shape index (κ2) is 5.34. The van der Waals surface area contributed by atoms with Crippen molar-refractivity contribution in [3.8, 4) is 0 Å². The Hall–Kier alpha value is -0.980. The second-order valence-electron chi connectivity index (χ2n) is 4.84. The Morgan fingerprint density at radius 3 is 2.89 bits per heavy atom. The molecule has 5 nitrogen and oxygen atoms in total. The highest BCUT2D eigenvalue weighted by atomic mass is 32.1. The Morgan fingerprint density at radius 2 is 2.33 bits per heavy atom. The van der Waals surface area contributed by atoms with Gasteiger partial charge in [-0.1, -0.05) is 0 Å². The van der Waals surface area contributed by atoms with Gasteiger partial charge in [-0.05, 0) is 20.8 Å². The third-order valence-electron chi connectivity index (χ3n) is 2.70. The van der Waals surface area contributed by atoms with Crippen LogP contribution in [-0.4, -0.2) is 36.8 Å². The third kappa shape index (κ3) is 3.07. The van der Waals surface area contributed by atoms with E-state index in [-0.39, 0.29) is 5.91 Å². The van der Waals surface area contributed by atoms with Crippen molar-refractivity contribution < 1.29 is 14.3 Å². The molecule has 0 saturated carbocycles. The number of nitrogens with one attached hydrogen (secondary N) is 1. The van der Waals surface area contributed by atoms with Crippen LogP contribution >= 0.6 is 11.3 Å². The van der Waals surface area contributed by atoms with Gasteiger partial charge in [0.2, 0.25) is 0 Å². The molecule has 18 heavy (non-hydrogen) atoms. The maximum atomic E-state index is 12.1. The summed E-state index contributed by atoms with van der Waals surface area (Å²) in [7, 11) is 0. The number of nitrogens with zero attached hydrogens (tertiary/aromatic N) is 1. The van der Waals surface area contributed by atoms with E-state index in [2.05, 4.69) is 10.3 Å². The highest BCUT2D eigenvalue weighted by Crippen LogP contribution is 2.24. The molecule has 0 bridgehead atoms. The van der Waals surface area contributed by atoms with Gasteiger partial charge in [0.05, 0.1) is 25.4 Å². The molecule has 6 heteroatoms. The lowest BCUT2D eigenvalue weighted by atomic mass is 10.1. The Balaban J connectivity index is 2.00. The maximum Gasteiger partial charge on any atom is 0.252 e. The van der Waals surface area contributed by atoms with E-state index in [1.54, 1.807) is 11.3 Å². The van der Waals surface area contributed by atoms with Gasteiger partial charge in [0.1, 0.15) is 5.01 Å². The van der Waals surface area contributed by atoms with Crippen LogP contribution in [0.4, 0.5) is 0 Å². The number of aryl methyl sites for hydroxylation is 1. The first kappa shape index (κ1) is 13.5. The Kier molecular flexibility index (Phi) is 3.99. The van der Waals surface area contributed by atoms with Crippen molar-refractivity contribution in [3.63, 3.8) is 0 Å². The molecule has 2 heterocycles. The monoisotopic (exact) mass is 270 g/mol. The van der Waals surface area contributed by atoms with Crippen LogP contribution in [0.15, 0.2) is 5.38 Å². The number of carbonyl (C=O) groups excluding carboxylic acids is 1. The predicted molar refractivity (Wildman–Crippen MR) is 68.6 cm³/mol. The SMILES string of the molecule is Cc1csc(C(C)(C)NC(=O)C2COCCO2)n1. The molecular weight excluding hydrogens is 252 g/mol.